The second-order valence-corrected chi connectivity index (χ2v) is 6.38. The van der Waals surface area contributed by atoms with Crippen molar-refractivity contribution in [2.24, 2.45) is 0 Å². The average molecular weight is 435 g/mol. The van der Waals surface area contributed by atoms with Crippen LogP contribution in [0.3, 0.4) is 0 Å². The molecule has 1 heterocycles. The number of carbonyl (C=O) groups excluding carboxylic acids is 1. The number of alkyl halides is 2. The van der Waals surface area contributed by atoms with Gasteiger partial charge in [0.25, 0.3) is 5.91 Å². The lowest BCUT2D eigenvalue weighted by Crippen LogP contribution is -2.25. The lowest BCUT2D eigenvalue weighted by Gasteiger charge is -2.11. The van der Waals surface area contributed by atoms with Crippen LogP contribution in [0.2, 0.25) is 0 Å². The van der Waals surface area contributed by atoms with E-state index in [1.807, 2.05) is 0 Å². The van der Waals surface area contributed by atoms with Crippen LogP contribution in [0.1, 0.15) is 21.9 Å². The molecule has 3 rings (SSSR count). The molecule has 0 saturated heterocycles. The molecule has 0 aliphatic heterocycles. The number of furan rings is 1. The summed E-state index contributed by atoms with van der Waals surface area (Å²) < 4.78 is 58.3. The van der Waals surface area contributed by atoms with E-state index in [1.54, 1.807) is 12.1 Å². The number of hydrogen-bond donors (Lipinski definition) is 1. The largest absolute Gasteiger partial charge is 0.493 e. The second kappa shape index (κ2) is 10.4. The number of rotatable bonds is 10. The zero-order chi connectivity index (χ0) is 22.2. The molecular formula is C22H20F3NO5. The van der Waals surface area contributed by atoms with Crippen molar-refractivity contribution in [2.75, 3.05) is 13.7 Å². The molecule has 0 aliphatic rings. The highest BCUT2D eigenvalue weighted by atomic mass is 19.3. The standard InChI is InChI=1S/C22H20F3NO5/c1-28-18-8-2-14(12-20(18)31-22(24)25)10-11-26-21(27)19-9-7-17(30-19)13-29-16-5-3-15(23)4-6-16/h2-9,12,22H,10-11,13H2,1H3,(H,26,27). The summed E-state index contributed by atoms with van der Waals surface area (Å²) in [4.78, 5) is 12.2. The van der Waals surface area contributed by atoms with Crippen LogP contribution < -0.4 is 19.5 Å². The normalized spacial score (nSPS) is 10.7. The highest BCUT2D eigenvalue weighted by molar-refractivity contribution is 5.91. The molecule has 1 amide bonds. The molecule has 164 valence electrons. The molecule has 2 aromatic carbocycles. The fourth-order valence-corrected chi connectivity index (χ4v) is 2.73. The molecule has 6 nitrogen and oxygen atoms in total. The predicted molar refractivity (Wildman–Crippen MR) is 105 cm³/mol. The van der Waals surface area contributed by atoms with Gasteiger partial charge in [-0.25, -0.2) is 4.39 Å². The van der Waals surface area contributed by atoms with Gasteiger partial charge in [-0.2, -0.15) is 8.78 Å². The minimum atomic E-state index is -2.97. The number of amides is 1. The van der Waals surface area contributed by atoms with Gasteiger partial charge in [0.2, 0.25) is 0 Å². The maximum Gasteiger partial charge on any atom is 0.387 e. The Morgan fingerprint density at radius 1 is 1.06 bits per heavy atom. The Balaban J connectivity index is 1.49. The maximum atomic E-state index is 12.9. The third-order valence-electron chi connectivity index (χ3n) is 4.22. The minimum Gasteiger partial charge on any atom is -0.493 e. The van der Waals surface area contributed by atoms with E-state index in [4.69, 9.17) is 13.9 Å². The third kappa shape index (κ3) is 6.43. The van der Waals surface area contributed by atoms with Gasteiger partial charge < -0.3 is 23.9 Å². The molecule has 0 spiro atoms. The van der Waals surface area contributed by atoms with Crippen molar-refractivity contribution in [2.45, 2.75) is 19.6 Å². The van der Waals surface area contributed by atoms with Gasteiger partial charge in [-0.1, -0.05) is 6.07 Å². The molecule has 1 aromatic heterocycles. The Bertz CT molecular complexity index is 1000. The van der Waals surface area contributed by atoms with Crippen LogP contribution in [0.4, 0.5) is 13.2 Å². The van der Waals surface area contributed by atoms with E-state index in [-0.39, 0.29) is 36.2 Å². The highest BCUT2D eigenvalue weighted by Gasteiger charge is 2.13. The quantitative estimate of drug-likeness (QED) is 0.505. The summed E-state index contributed by atoms with van der Waals surface area (Å²) in [5.74, 6) is 0.339. The molecule has 0 saturated carbocycles. The molecule has 0 radical (unpaired) electrons. The second-order valence-electron chi connectivity index (χ2n) is 6.38. The van der Waals surface area contributed by atoms with Crippen LogP contribution >= 0.6 is 0 Å². The van der Waals surface area contributed by atoms with Crippen LogP contribution in [-0.2, 0) is 13.0 Å². The summed E-state index contributed by atoms with van der Waals surface area (Å²) in [6.07, 6.45) is 0.385. The Morgan fingerprint density at radius 3 is 2.55 bits per heavy atom. The zero-order valence-electron chi connectivity index (χ0n) is 16.6. The Hall–Kier alpha value is -3.62. The summed E-state index contributed by atoms with van der Waals surface area (Å²) in [6, 6.07) is 13.3. The monoisotopic (exact) mass is 435 g/mol. The topological polar surface area (TPSA) is 69.9 Å². The fourth-order valence-electron chi connectivity index (χ4n) is 2.73. The van der Waals surface area contributed by atoms with E-state index in [0.29, 0.717) is 23.5 Å². The maximum absolute atomic E-state index is 12.9. The number of nitrogens with one attached hydrogen (secondary N) is 1. The molecule has 3 aromatic rings. The fraction of sp³-hybridized carbons (Fsp3) is 0.227. The number of methoxy groups -OCH3 is 1. The Morgan fingerprint density at radius 2 is 1.84 bits per heavy atom. The predicted octanol–water partition coefficient (Wildman–Crippen LogP) is 4.58. The van der Waals surface area contributed by atoms with Crippen molar-refractivity contribution in [1.82, 2.24) is 5.32 Å². The summed E-state index contributed by atoms with van der Waals surface area (Å²) in [7, 11) is 1.36. The third-order valence-corrected chi connectivity index (χ3v) is 4.22. The van der Waals surface area contributed by atoms with Gasteiger partial charge >= 0.3 is 6.61 Å². The zero-order valence-corrected chi connectivity index (χ0v) is 16.6. The number of carbonyl (C=O) groups is 1. The molecular weight excluding hydrogens is 415 g/mol. The van der Waals surface area contributed by atoms with Crippen molar-refractivity contribution in [3.05, 3.63) is 77.5 Å². The smallest absolute Gasteiger partial charge is 0.387 e. The van der Waals surface area contributed by atoms with Gasteiger partial charge in [0.1, 0.15) is 23.9 Å². The molecule has 31 heavy (non-hydrogen) atoms. The average Bonchev–Trinajstić information content (AvgIpc) is 3.22. The first kappa shape index (κ1) is 22.1. The van der Waals surface area contributed by atoms with Gasteiger partial charge in [0.05, 0.1) is 7.11 Å². The van der Waals surface area contributed by atoms with Gasteiger partial charge in [-0.3, -0.25) is 4.79 Å². The van der Waals surface area contributed by atoms with Crippen molar-refractivity contribution in [3.63, 3.8) is 0 Å². The van der Waals surface area contributed by atoms with E-state index in [2.05, 4.69) is 10.1 Å². The molecule has 0 unspecified atom stereocenters. The number of benzene rings is 2. The summed E-state index contributed by atoms with van der Waals surface area (Å²) in [6.45, 7) is -2.64. The van der Waals surface area contributed by atoms with Crippen molar-refractivity contribution in [1.29, 1.82) is 0 Å². The summed E-state index contributed by atoms with van der Waals surface area (Å²) >= 11 is 0. The summed E-state index contributed by atoms with van der Waals surface area (Å²) in [5, 5.41) is 2.69. The van der Waals surface area contributed by atoms with E-state index in [9.17, 15) is 18.0 Å². The van der Waals surface area contributed by atoms with Gasteiger partial charge in [0, 0.05) is 6.54 Å². The SMILES string of the molecule is COc1ccc(CCNC(=O)c2ccc(COc3ccc(F)cc3)o2)cc1OC(F)F. The first-order valence-corrected chi connectivity index (χ1v) is 9.31. The summed E-state index contributed by atoms with van der Waals surface area (Å²) in [5.41, 5.74) is 0.685. The first-order valence-electron chi connectivity index (χ1n) is 9.31. The van der Waals surface area contributed by atoms with Crippen LogP contribution in [0.25, 0.3) is 0 Å². The molecule has 9 heteroatoms. The van der Waals surface area contributed by atoms with Crippen molar-refractivity contribution < 1.29 is 36.6 Å². The van der Waals surface area contributed by atoms with Crippen LogP contribution in [0.15, 0.2) is 59.0 Å². The number of ether oxygens (including phenoxy) is 3. The Labute approximate surface area is 176 Å². The first-order chi connectivity index (χ1) is 14.9. The van der Waals surface area contributed by atoms with E-state index in [0.717, 1.165) is 0 Å². The van der Waals surface area contributed by atoms with Crippen molar-refractivity contribution in [3.8, 4) is 17.2 Å². The molecule has 0 aliphatic carbocycles. The number of hydrogen-bond acceptors (Lipinski definition) is 5. The van der Waals surface area contributed by atoms with Crippen LogP contribution in [0, 0.1) is 5.82 Å². The minimum absolute atomic E-state index is 0.0712. The molecule has 0 fully saturated rings. The lowest BCUT2D eigenvalue weighted by molar-refractivity contribution is -0.0512. The van der Waals surface area contributed by atoms with E-state index in [1.165, 1.54) is 49.6 Å². The molecule has 0 atom stereocenters. The van der Waals surface area contributed by atoms with E-state index >= 15 is 0 Å². The van der Waals surface area contributed by atoms with Crippen LogP contribution in [-0.4, -0.2) is 26.2 Å². The highest BCUT2D eigenvalue weighted by Crippen LogP contribution is 2.29. The number of halogens is 3. The van der Waals surface area contributed by atoms with Gasteiger partial charge in [0.15, 0.2) is 17.3 Å². The molecule has 1 N–H and O–H groups in total. The van der Waals surface area contributed by atoms with E-state index < -0.39 is 12.5 Å². The van der Waals surface area contributed by atoms with Crippen molar-refractivity contribution >= 4 is 5.91 Å². The Kier molecular flexibility index (Phi) is 7.42. The van der Waals surface area contributed by atoms with Gasteiger partial charge in [-0.05, 0) is 60.5 Å². The van der Waals surface area contributed by atoms with Gasteiger partial charge in [-0.15, -0.1) is 0 Å². The van der Waals surface area contributed by atoms with Crippen LogP contribution in [0.5, 0.6) is 17.2 Å². The lowest BCUT2D eigenvalue weighted by atomic mass is 10.1. The molecule has 0 bridgehead atoms.